The van der Waals surface area contributed by atoms with Crippen LogP contribution in [0.25, 0.3) is 22.1 Å². The summed E-state index contributed by atoms with van der Waals surface area (Å²) in [5, 5.41) is 3.95. The van der Waals surface area contributed by atoms with Gasteiger partial charge < -0.3 is 14.8 Å². The highest BCUT2D eigenvalue weighted by molar-refractivity contribution is 6.30. The van der Waals surface area contributed by atoms with E-state index in [0.717, 1.165) is 42.7 Å². The number of alkyl halides is 1. The van der Waals surface area contributed by atoms with Gasteiger partial charge in [0.05, 0.1) is 24.8 Å². The Bertz CT molecular complexity index is 1650. The zero-order valence-electron chi connectivity index (χ0n) is 20.8. The Hall–Kier alpha value is -3.79. The van der Waals surface area contributed by atoms with Crippen LogP contribution < -0.4 is 10.9 Å². The molecule has 1 saturated heterocycles. The molecule has 6 rings (SSSR count). The summed E-state index contributed by atoms with van der Waals surface area (Å²) in [5.74, 6) is -0.0332. The minimum absolute atomic E-state index is 0.0341. The Balaban J connectivity index is 1.44. The average molecular weight is 537 g/mol. The molecule has 0 spiro atoms. The van der Waals surface area contributed by atoms with Crippen molar-refractivity contribution in [3.63, 3.8) is 0 Å². The van der Waals surface area contributed by atoms with Crippen molar-refractivity contribution < 1.29 is 14.0 Å². The number of rotatable bonds is 5. The van der Waals surface area contributed by atoms with Gasteiger partial charge in [-0.25, -0.2) is 14.4 Å². The number of carbonyl (C=O) groups is 2. The molecule has 1 aromatic carbocycles. The van der Waals surface area contributed by atoms with E-state index >= 15 is 0 Å². The third kappa shape index (κ3) is 4.32. The lowest BCUT2D eigenvalue weighted by Crippen LogP contribution is -2.60. The molecule has 2 aliphatic heterocycles. The van der Waals surface area contributed by atoms with E-state index in [0.29, 0.717) is 21.6 Å². The van der Waals surface area contributed by atoms with E-state index in [1.807, 2.05) is 0 Å². The average Bonchev–Trinajstić information content (AvgIpc) is 3.27. The third-order valence-corrected chi connectivity index (χ3v) is 7.48. The molecule has 3 aromatic heterocycles. The Morgan fingerprint density at radius 2 is 1.95 bits per heavy atom. The summed E-state index contributed by atoms with van der Waals surface area (Å²) in [6, 6.07) is 8.58. The van der Waals surface area contributed by atoms with Crippen molar-refractivity contribution in [2.75, 3.05) is 13.1 Å². The van der Waals surface area contributed by atoms with Gasteiger partial charge in [0, 0.05) is 29.9 Å². The van der Waals surface area contributed by atoms with E-state index in [-0.39, 0.29) is 31.7 Å². The first-order valence-electron chi connectivity index (χ1n) is 12.6. The van der Waals surface area contributed by atoms with Crippen LogP contribution >= 0.6 is 11.6 Å². The molecular formula is C27H26ClFN6O3. The summed E-state index contributed by atoms with van der Waals surface area (Å²) in [6.07, 6.45) is 4.47. The Kier molecular flexibility index (Phi) is 5.94. The number of pyridine rings is 2. The van der Waals surface area contributed by atoms with Crippen LogP contribution in [0.15, 0.2) is 41.3 Å². The van der Waals surface area contributed by atoms with Gasteiger partial charge in [0.25, 0.3) is 11.5 Å². The monoisotopic (exact) mass is 536 g/mol. The summed E-state index contributed by atoms with van der Waals surface area (Å²) < 4.78 is 17.4. The van der Waals surface area contributed by atoms with Crippen LogP contribution in [0.4, 0.5) is 4.39 Å². The number of halogens is 2. The zero-order chi connectivity index (χ0) is 26.6. The Morgan fingerprint density at radius 3 is 2.68 bits per heavy atom. The molecule has 1 fully saturated rings. The predicted octanol–water partition coefficient (Wildman–Crippen LogP) is 3.24. The number of aryl methyl sites for hydroxylation is 2. The van der Waals surface area contributed by atoms with Crippen molar-refractivity contribution in [3.05, 3.63) is 68.9 Å². The van der Waals surface area contributed by atoms with E-state index < -0.39 is 23.0 Å². The largest absolute Gasteiger partial charge is 0.348 e. The number of fused-ring (bicyclic) bond motifs is 5. The lowest BCUT2D eigenvalue weighted by molar-refractivity contribution is -0.144. The lowest BCUT2D eigenvalue weighted by atomic mass is 9.99. The Labute approximate surface area is 222 Å². The van der Waals surface area contributed by atoms with Crippen LogP contribution in [0.2, 0.25) is 5.02 Å². The van der Waals surface area contributed by atoms with Crippen molar-refractivity contribution in [1.29, 1.82) is 0 Å². The maximum atomic E-state index is 14.1. The van der Waals surface area contributed by atoms with Gasteiger partial charge in [-0.1, -0.05) is 23.7 Å². The number of carbonyl (C=O) groups excluding carboxylic acids is 2. The molecule has 5 heterocycles. The van der Waals surface area contributed by atoms with Crippen LogP contribution in [0, 0.1) is 0 Å². The van der Waals surface area contributed by atoms with E-state index in [4.69, 9.17) is 16.6 Å². The van der Waals surface area contributed by atoms with Crippen molar-refractivity contribution in [3.8, 4) is 0 Å². The highest BCUT2D eigenvalue weighted by atomic mass is 35.5. The van der Waals surface area contributed by atoms with Gasteiger partial charge >= 0.3 is 0 Å². The maximum Gasteiger partial charge on any atom is 0.265 e. The number of hydrogen-bond acceptors (Lipinski definition) is 5. The number of hydrogen-bond donors (Lipinski definition) is 1. The van der Waals surface area contributed by atoms with E-state index in [1.165, 1.54) is 16.4 Å². The molecule has 38 heavy (non-hydrogen) atoms. The van der Waals surface area contributed by atoms with Crippen LogP contribution in [0.5, 0.6) is 0 Å². The number of nitrogens with one attached hydrogen (secondary N) is 1. The quantitative estimate of drug-likeness (QED) is 0.422. The topological polar surface area (TPSA) is 102 Å². The molecule has 0 bridgehead atoms. The second-order valence-corrected chi connectivity index (χ2v) is 10.7. The van der Waals surface area contributed by atoms with E-state index in [1.54, 1.807) is 36.5 Å². The van der Waals surface area contributed by atoms with Gasteiger partial charge in [-0.05, 0) is 43.5 Å². The molecule has 196 valence electrons. The van der Waals surface area contributed by atoms with E-state index in [2.05, 4.69) is 14.9 Å². The van der Waals surface area contributed by atoms with E-state index in [9.17, 15) is 18.8 Å². The van der Waals surface area contributed by atoms with Crippen molar-refractivity contribution in [1.82, 2.24) is 29.3 Å². The summed E-state index contributed by atoms with van der Waals surface area (Å²) in [6.45, 7) is 1.99. The number of nitrogens with zero attached hydrogens (tertiary/aromatic N) is 5. The van der Waals surface area contributed by atoms with Gasteiger partial charge in [0.1, 0.15) is 34.8 Å². The first kappa shape index (κ1) is 24.5. The summed E-state index contributed by atoms with van der Waals surface area (Å²) in [7, 11) is 0. The van der Waals surface area contributed by atoms with Crippen molar-refractivity contribution in [2.24, 2.45) is 0 Å². The molecule has 2 aliphatic rings. The lowest BCUT2D eigenvalue weighted by Gasteiger charge is -2.42. The maximum absolute atomic E-state index is 14.1. The number of likely N-dealkylation sites (tertiary alicyclic amines) is 1. The summed E-state index contributed by atoms with van der Waals surface area (Å²) in [4.78, 5) is 50.5. The molecule has 1 N–H and O–H groups in total. The van der Waals surface area contributed by atoms with Crippen molar-refractivity contribution >= 4 is 45.5 Å². The molecule has 0 unspecified atom stereocenters. The van der Waals surface area contributed by atoms with Gasteiger partial charge in [0.2, 0.25) is 5.91 Å². The molecule has 9 nitrogen and oxygen atoms in total. The normalized spacial score (nSPS) is 16.3. The SMILES string of the molecule is CC1(F)CN(C(=O)Cn2c(=O)c(C(=O)NCc3ccc(Cl)cc3)cc3c4c(cnc32)nc2n4CCCC2)C1. The fourth-order valence-electron chi connectivity index (χ4n) is 5.32. The van der Waals surface area contributed by atoms with Gasteiger partial charge in [-0.15, -0.1) is 0 Å². The zero-order valence-corrected chi connectivity index (χ0v) is 21.6. The number of aromatic nitrogens is 4. The molecule has 0 saturated carbocycles. The number of amides is 2. The molecular weight excluding hydrogens is 511 g/mol. The summed E-state index contributed by atoms with van der Waals surface area (Å²) in [5.41, 5.74) is 0.411. The summed E-state index contributed by atoms with van der Waals surface area (Å²) >= 11 is 5.95. The fourth-order valence-corrected chi connectivity index (χ4v) is 5.45. The van der Waals surface area contributed by atoms with Gasteiger partial charge in [-0.2, -0.15) is 0 Å². The van der Waals surface area contributed by atoms with Gasteiger partial charge in [-0.3, -0.25) is 19.0 Å². The standard InChI is InChI=1S/C27H26ClFN6O3/c1-27(29)14-33(15-27)22(36)13-35-24-18(23-20(12-30-24)32-21-4-2-3-9-34(21)23)10-19(26(35)38)25(37)31-11-16-5-7-17(28)8-6-16/h5-8,10,12H,2-4,9,11,13-15H2,1H3,(H,31,37). The molecule has 11 heteroatoms. The number of benzene rings is 1. The fraction of sp³-hybridized carbons (Fsp3) is 0.370. The second kappa shape index (κ2) is 9.20. The minimum Gasteiger partial charge on any atom is -0.348 e. The molecule has 0 radical (unpaired) electrons. The van der Waals surface area contributed by atoms with Gasteiger partial charge in [0.15, 0.2) is 0 Å². The smallest absolute Gasteiger partial charge is 0.265 e. The number of imidazole rings is 1. The highest BCUT2D eigenvalue weighted by Crippen LogP contribution is 2.29. The molecule has 2 amide bonds. The molecule has 0 atom stereocenters. The van der Waals surface area contributed by atoms with Crippen LogP contribution in [-0.2, 0) is 30.8 Å². The van der Waals surface area contributed by atoms with Crippen LogP contribution in [-0.4, -0.2) is 54.6 Å². The first-order valence-corrected chi connectivity index (χ1v) is 13.0. The van der Waals surface area contributed by atoms with Crippen molar-refractivity contribution in [2.45, 2.75) is 51.5 Å². The highest BCUT2D eigenvalue weighted by Gasteiger charge is 2.41. The minimum atomic E-state index is -1.44. The van der Waals surface area contributed by atoms with Crippen LogP contribution in [0.3, 0.4) is 0 Å². The Morgan fingerprint density at radius 1 is 1.18 bits per heavy atom. The first-order chi connectivity index (χ1) is 18.2. The molecule has 0 aliphatic carbocycles. The third-order valence-electron chi connectivity index (χ3n) is 7.23. The predicted molar refractivity (Wildman–Crippen MR) is 141 cm³/mol. The van der Waals surface area contributed by atoms with Crippen LogP contribution in [0.1, 0.15) is 41.5 Å². The second-order valence-electron chi connectivity index (χ2n) is 10.3. The molecule has 4 aromatic rings.